The predicted molar refractivity (Wildman–Crippen MR) is 104 cm³/mol. The van der Waals surface area contributed by atoms with Crippen molar-refractivity contribution in [1.82, 2.24) is 15.2 Å². The van der Waals surface area contributed by atoms with Crippen molar-refractivity contribution >= 4 is 33.8 Å². The summed E-state index contributed by atoms with van der Waals surface area (Å²) in [4.78, 5) is 30.3. The molecule has 0 atom stereocenters. The van der Waals surface area contributed by atoms with E-state index in [0.717, 1.165) is 22.9 Å². The van der Waals surface area contributed by atoms with Crippen molar-refractivity contribution in [3.63, 3.8) is 0 Å². The van der Waals surface area contributed by atoms with E-state index >= 15 is 0 Å². The summed E-state index contributed by atoms with van der Waals surface area (Å²) in [6.07, 6.45) is 8.14. The third-order valence-electron chi connectivity index (χ3n) is 4.35. The first-order valence-corrected chi connectivity index (χ1v) is 9.34. The van der Waals surface area contributed by atoms with Crippen molar-refractivity contribution in [1.29, 1.82) is 0 Å². The monoisotopic (exact) mass is 413 g/mol. The number of benzene rings is 1. The third-order valence-corrected chi connectivity index (χ3v) is 4.88. The molecule has 1 saturated heterocycles. The molecule has 1 aliphatic rings. The lowest BCUT2D eigenvalue weighted by atomic mass is 10.0. The van der Waals surface area contributed by atoms with Gasteiger partial charge < -0.3 is 10.2 Å². The van der Waals surface area contributed by atoms with Crippen LogP contribution in [0.15, 0.2) is 59.3 Å². The van der Waals surface area contributed by atoms with E-state index < -0.39 is 0 Å². The van der Waals surface area contributed by atoms with Crippen LogP contribution in [0, 0.1) is 0 Å². The maximum Gasteiger partial charge on any atom is 0.253 e. The van der Waals surface area contributed by atoms with Crippen molar-refractivity contribution < 1.29 is 9.59 Å². The van der Waals surface area contributed by atoms with Crippen LogP contribution >= 0.6 is 15.9 Å². The van der Waals surface area contributed by atoms with Gasteiger partial charge in [0.2, 0.25) is 5.91 Å². The van der Waals surface area contributed by atoms with E-state index in [-0.39, 0.29) is 17.9 Å². The second-order valence-electron chi connectivity index (χ2n) is 6.20. The van der Waals surface area contributed by atoms with Gasteiger partial charge in [0.15, 0.2) is 0 Å². The Morgan fingerprint density at radius 2 is 1.88 bits per heavy atom. The number of nitrogens with zero attached hydrogens (tertiary/aromatic N) is 2. The van der Waals surface area contributed by atoms with Crippen LogP contribution in [-0.2, 0) is 4.79 Å². The quantitative estimate of drug-likeness (QED) is 0.782. The molecular weight excluding hydrogens is 394 g/mol. The van der Waals surface area contributed by atoms with Gasteiger partial charge in [0.05, 0.1) is 5.56 Å². The maximum atomic E-state index is 12.3. The van der Waals surface area contributed by atoms with Crippen LogP contribution in [0.5, 0.6) is 0 Å². The minimum absolute atomic E-state index is 0.00459. The van der Waals surface area contributed by atoms with E-state index in [1.165, 1.54) is 0 Å². The van der Waals surface area contributed by atoms with Gasteiger partial charge in [-0.1, -0.05) is 28.1 Å². The summed E-state index contributed by atoms with van der Waals surface area (Å²) >= 11 is 3.39. The van der Waals surface area contributed by atoms with E-state index in [1.54, 1.807) is 30.6 Å². The zero-order valence-corrected chi connectivity index (χ0v) is 15.9. The zero-order chi connectivity index (χ0) is 18.4. The molecule has 1 fully saturated rings. The number of piperidine rings is 1. The molecule has 0 saturated carbocycles. The van der Waals surface area contributed by atoms with E-state index in [9.17, 15) is 9.59 Å². The van der Waals surface area contributed by atoms with E-state index in [2.05, 4.69) is 26.2 Å². The molecule has 5 nitrogen and oxygen atoms in total. The Labute approximate surface area is 161 Å². The first kappa shape index (κ1) is 18.3. The summed E-state index contributed by atoms with van der Waals surface area (Å²) in [5.41, 5.74) is 1.55. The van der Waals surface area contributed by atoms with E-state index in [4.69, 9.17) is 0 Å². The summed E-state index contributed by atoms with van der Waals surface area (Å²) in [6.45, 7) is 1.28. The minimum atomic E-state index is -0.113. The van der Waals surface area contributed by atoms with E-state index in [1.807, 2.05) is 35.2 Å². The van der Waals surface area contributed by atoms with E-state index in [0.29, 0.717) is 18.7 Å². The molecule has 2 aromatic rings. The number of halogens is 1. The highest BCUT2D eigenvalue weighted by Crippen LogP contribution is 2.14. The number of hydrogen-bond donors (Lipinski definition) is 1. The van der Waals surface area contributed by atoms with Crippen LogP contribution in [0.4, 0.5) is 0 Å². The highest BCUT2D eigenvalue weighted by Gasteiger charge is 2.23. The van der Waals surface area contributed by atoms with Gasteiger partial charge in [-0.3, -0.25) is 14.6 Å². The normalized spacial score (nSPS) is 15.2. The van der Waals surface area contributed by atoms with Crippen molar-refractivity contribution in [3.05, 3.63) is 70.5 Å². The Bertz CT molecular complexity index is 782. The van der Waals surface area contributed by atoms with Gasteiger partial charge in [-0.15, -0.1) is 0 Å². The molecule has 1 N–H and O–H groups in total. The number of amides is 2. The number of nitrogens with one attached hydrogen (secondary N) is 1. The lowest BCUT2D eigenvalue weighted by molar-refractivity contribution is -0.126. The number of carbonyl (C=O) groups excluding carboxylic acids is 2. The van der Waals surface area contributed by atoms with Crippen molar-refractivity contribution in [2.75, 3.05) is 13.1 Å². The molecule has 1 aliphatic heterocycles. The van der Waals surface area contributed by atoms with Gasteiger partial charge >= 0.3 is 0 Å². The fourth-order valence-electron chi connectivity index (χ4n) is 2.86. The predicted octanol–water partition coefficient (Wildman–Crippen LogP) is 3.28. The Morgan fingerprint density at radius 1 is 1.15 bits per heavy atom. The number of likely N-dealkylation sites (tertiary alicyclic amines) is 1. The first-order valence-electron chi connectivity index (χ1n) is 8.55. The second kappa shape index (κ2) is 8.76. The zero-order valence-electron chi connectivity index (χ0n) is 14.3. The SMILES string of the molecule is O=C(NC1CCN(C(=O)/C=C/c2ccc(Br)cc2)CC1)c1cccnc1. The topological polar surface area (TPSA) is 62.3 Å². The molecular formula is C20H20BrN3O2. The fourth-order valence-corrected chi connectivity index (χ4v) is 3.12. The molecule has 0 radical (unpaired) electrons. The highest BCUT2D eigenvalue weighted by molar-refractivity contribution is 9.10. The van der Waals surface area contributed by atoms with Crippen LogP contribution < -0.4 is 5.32 Å². The van der Waals surface area contributed by atoms with Gasteiger partial charge in [-0.2, -0.15) is 0 Å². The van der Waals surface area contributed by atoms with Crippen molar-refractivity contribution in [2.45, 2.75) is 18.9 Å². The molecule has 0 spiro atoms. The van der Waals surface area contributed by atoms with Crippen LogP contribution in [0.1, 0.15) is 28.8 Å². The molecule has 2 amide bonds. The van der Waals surface area contributed by atoms with Gasteiger partial charge in [-0.05, 0) is 48.7 Å². The molecule has 1 aromatic carbocycles. The number of pyridine rings is 1. The smallest absolute Gasteiger partial charge is 0.253 e. The van der Waals surface area contributed by atoms with Gasteiger partial charge in [0, 0.05) is 42.1 Å². The molecule has 0 unspecified atom stereocenters. The number of aromatic nitrogens is 1. The molecule has 2 heterocycles. The Hall–Kier alpha value is -2.47. The Morgan fingerprint density at radius 3 is 2.54 bits per heavy atom. The molecule has 0 bridgehead atoms. The van der Waals surface area contributed by atoms with Gasteiger partial charge in [0.25, 0.3) is 5.91 Å². The van der Waals surface area contributed by atoms with Crippen LogP contribution in [-0.4, -0.2) is 40.8 Å². The molecule has 134 valence electrons. The first-order chi connectivity index (χ1) is 12.6. The molecule has 0 aliphatic carbocycles. The maximum absolute atomic E-state index is 12.3. The van der Waals surface area contributed by atoms with Crippen molar-refractivity contribution in [2.24, 2.45) is 0 Å². The summed E-state index contributed by atoms with van der Waals surface area (Å²) in [5.74, 6) is -0.108. The Kier molecular flexibility index (Phi) is 6.17. The molecule has 1 aromatic heterocycles. The lowest BCUT2D eigenvalue weighted by Gasteiger charge is -2.31. The average molecular weight is 414 g/mol. The summed E-state index contributed by atoms with van der Waals surface area (Å²) in [5, 5.41) is 3.02. The third kappa shape index (κ3) is 5.02. The summed E-state index contributed by atoms with van der Waals surface area (Å²) in [6, 6.07) is 11.4. The number of carbonyl (C=O) groups is 2. The number of hydrogen-bond acceptors (Lipinski definition) is 3. The van der Waals surface area contributed by atoms with Gasteiger partial charge in [0.1, 0.15) is 0 Å². The van der Waals surface area contributed by atoms with Crippen LogP contribution in [0.25, 0.3) is 6.08 Å². The standard InChI is InChI=1S/C20H20BrN3O2/c21-17-6-3-15(4-7-17)5-8-19(25)24-12-9-18(10-13-24)23-20(26)16-2-1-11-22-14-16/h1-8,11,14,18H,9-10,12-13H2,(H,23,26)/b8-5+. The lowest BCUT2D eigenvalue weighted by Crippen LogP contribution is -2.46. The molecule has 6 heteroatoms. The van der Waals surface area contributed by atoms with Crippen LogP contribution in [0.3, 0.4) is 0 Å². The molecule has 3 rings (SSSR count). The summed E-state index contributed by atoms with van der Waals surface area (Å²) in [7, 11) is 0. The Balaban J connectivity index is 1.48. The molecule has 26 heavy (non-hydrogen) atoms. The van der Waals surface area contributed by atoms with Crippen molar-refractivity contribution in [3.8, 4) is 0 Å². The summed E-state index contributed by atoms with van der Waals surface area (Å²) < 4.78 is 1.01. The van der Waals surface area contributed by atoms with Crippen LogP contribution in [0.2, 0.25) is 0 Å². The average Bonchev–Trinajstić information content (AvgIpc) is 2.68. The highest BCUT2D eigenvalue weighted by atomic mass is 79.9. The second-order valence-corrected chi connectivity index (χ2v) is 7.12. The minimum Gasteiger partial charge on any atom is -0.349 e. The fraction of sp³-hybridized carbons (Fsp3) is 0.250. The number of rotatable bonds is 4. The van der Waals surface area contributed by atoms with Gasteiger partial charge in [-0.25, -0.2) is 0 Å². The largest absolute Gasteiger partial charge is 0.349 e.